The zero-order chi connectivity index (χ0) is 18.8. The van der Waals surface area contributed by atoms with E-state index in [1.807, 2.05) is 0 Å². The second-order valence-corrected chi connectivity index (χ2v) is 6.99. The highest BCUT2D eigenvalue weighted by Crippen LogP contribution is 2.31. The number of carbonyl (C=O) groups is 3. The van der Waals surface area contributed by atoms with Crippen molar-refractivity contribution in [3.63, 3.8) is 0 Å². The molecule has 0 aromatic heterocycles. The lowest BCUT2D eigenvalue weighted by molar-refractivity contribution is -0.135. The van der Waals surface area contributed by atoms with Crippen LogP contribution in [0.4, 0.5) is 0 Å². The van der Waals surface area contributed by atoms with E-state index in [1.165, 1.54) is 0 Å². The van der Waals surface area contributed by atoms with Crippen LogP contribution in [0.1, 0.15) is 29.6 Å². The monoisotopic (exact) mass is 373 g/mol. The van der Waals surface area contributed by atoms with Crippen molar-refractivity contribution in [3.8, 4) is 11.5 Å². The zero-order valence-corrected chi connectivity index (χ0v) is 15.1. The van der Waals surface area contributed by atoms with Gasteiger partial charge in [0.1, 0.15) is 6.04 Å². The molecule has 2 fully saturated rings. The number of nitrogens with zero attached hydrogens (tertiary/aromatic N) is 2. The number of fused-ring (bicyclic) bond motifs is 1. The number of carbonyl (C=O) groups excluding carboxylic acids is 3. The summed E-state index contributed by atoms with van der Waals surface area (Å²) in [6.07, 6.45) is 1.77. The lowest BCUT2D eigenvalue weighted by Crippen LogP contribution is -2.54. The molecule has 144 valence electrons. The van der Waals surface area contributed by atoms with Gasteiger partial charge >= 0.3 is 0 Å². The van der Waals surface area contributed by atoms with E-state index in [0.29, 0.717) is 69.3 Å². The molecule has 3 aliphatic heterocycles. The highest BCUT2D eigenvalue weighted by atomic mass is 16.5. The van der Waals surface area contributed by atoms with E-state index in [2.05, 4.69) is 5.32 Å². The van der Waals surface area contributed by atoms with Gasteiger partial charge in [-0.1, -0.05) is 0 Å². The second kappa shape index (κ2) is 7.46. The van der Waals surface area contributed by atoms with E-state index in [4.69, 9.17) is 9.47 Å². The summed E-state index contributed by atoms with van der Waals surface area (Å²) in [5.74, 6) is 1.06. The number of amides is 3. The molecule has 0 radical (unpaired) electrons. The Bertz CT molecular complexity index is 758. The summed E-state index contributed by atoms with van der Waals surface area (Å²) in [7, 11) is 0. The minimum Gasteiger partial charge on any atom is -0.490 e. The summed E-state index contributed by atoms with van der Waals surface area (Å²) in [5, 5.41) is 2.71. The first kappa shape index (κ1) is 17.6. The summed E-state index contributed by atoms with van der Waals surface area (Å²) in [6.45, 7) is 3.07. The number of rotatable bonds is 2. The van der Waals surface area contributed by atoms with Crippen LogP contribution in [-0.4, -0.2) is 73.0 Å². The van der Waals surface area contributed by atoms with E-state index in [-0.39, 0.29) is 17.7 Å². The molecule has 27 heavy (non-hydrogen) atoms. The van der Waals surface area contributed by atoms with Crippen LogP contribution >= 0.6 is 0 Å². The largest absolute Gasteiger partial charge is 0.490 e. The zero-order valence-electron chi connectivity index (χ0n) is 15.1. The van der Waals surface area contributed by atoms with Gasteiger partial charge in [-0.25, -0.2) is 0 Å². The predicted octanol–water partition coefficient (Wildman–Crippen LogP) is 0.411. The van der Waals surface area contributed by atoms with Gasteiger partial charge in [-0.05, 0) is 24.6 Å². The predicted molar refractivity (Wildman–Crippen MR) is 95.7 cm³/mol. The van der Waals surface area contributed by atoms with E-state index in [1.54, 1.807) is 28.0 Å². The highest BCUT2D eigenvalue weighted by molar-refractivity contribution is 5.95. The molecule has 3 heterocycles. The Hall–Kier alpha value is -2.77. The fourth-order valence-corrected chi connectivity index (χ4v) is 3.63. The van der Waals surface area contributed by atoms with Gasteiger partial charge in [0.05, 0.1) is 13.2 Å². The number of nitrogens with one attached hydrogen (secondary N) is 1. The third-order valence-corrected chi connectivity index (χ3v) is 5.17. The molecule has 1 atom stereocenters. The van der Waals surface area contributed by atoms with Crippen LogP contribution in [0, 0.1) is 0 Å². The van der Waals surface area contributed by atoms with E-state index in [0.717, 1.165) is 6.42 Å². The molecule has 2 saturated heterocycles. The Kier molecular flexibility index (Phi) is 4.87. The lowest BCUT2D eigenvalue weighted by Gasteiger charge is -2.36. The Morgan fingerprint density at radius 1 is 1.00 bits per heavy atom. The molecule has 1 unspecified atom stereocenters. The average molecular weight is 373 g/mol. The fourth-order valence-electron chi connectivity index (χ4n) is 3.63. The maximum Gasteiger partial charge on any atom is 0.254 e. The fraction of sp³-hybridized carbons (Fsp3) is 0.526. The first-order chi connectivity index (χ1) is 13.1. The molecule has 1 aromatic carbocycles. The number of hydrogen-bond acceptors (Lipinski definition) is 5. The van der Waals surface area contributed by atoms with Crippen molar-refractivity contribution < 1.29 is 23.9 Å². The molecule has 4 rings (SSSR count). The van der Waals surface area contributed by atoms with Crippen LogP contribution < -0.4 is 14.8 Å². The molecule has 0 aliphatic carbocycles. The van der Waals surface area contributed by atoms with Crippen LogP contribution in [0.3, 0.4) is 0 Å². The molecule has 3 amide bonds. The third-order valence-electron chi connectivity index (χ3n) is 5.17. The standard InChI is InChI=1S/C19H23N3O5/c23-17-5-3-14(20-17)19(25)22-8-6-21(7-9-22)18(24)13-2-4-15-16(12-13)27-11-1-10-26-15/h2,4,12,14H,1,3,5-11H2,(H,20,23). The van der Waals surface area contributed by atoms with Crippen molar-refractivity contribution >= 4 is 17.7 Å². The molecule has 8 nitrogen and oxygen atoms in total. The molecular formula is C19H23N3O5. The van der Waals surface area contributed by atoms with Gasteiger partial charge in [0, 0.05) is 44.6 Å². The Morgan fingerprint density at radius 3 is 2.41 bits per heavy atom. The SMILES string of the molecule is O=C1CCC(C(=O)N2CCN(C(=O)c3ccc4c(c3)OCCCO4)CC2)N1. The van der Waals surface area contributed by atoms with Crippen LogP contribution in [0.5, 0.6) is 11.5 Å². The molecule has 1 aromatic rings. The number of ether oxygens (including phenoxy) is 2. The quantitative estimate of drug-likeness (QED) is 0.811. The van der Waals surface area contributed by atoms with Gasteiger partial charge in [-0.2, -0.15) is 0 Å². The van der Waals surface area contributed by atoms with Crippen molar-refractivity contribution in [2.45, 2.75) is 25.3 Å². The summed E-state index contributed by atoms with van der Waals surface area (Å²) < 4.78 is 11.3. The molecular weight excluding hydrogens is 350 g/mol. The van der Waals surface area contributed by atoms with Crippen molar-refractivity contribution in [2.75, 3.05) is 39.4 Å². The first-order valence-electron chi connectivity index (χ1n) is 9.39. The van der Waals surface area contributed by atoms with Crippen molar-refractivity contribution in [1.29, 1.82) is 0 Å². The highest BCUT2D eigenvalue weighted by Gasteiger charge is 2.33. The Balaban J connectivity index is 1.36. The summed E-state index contributed by atoms with van der Waals surface area (Å²) in [6, 6.07) is 4.84. The van der Waals surface area contributed by atoms with Crippen LogP contribution in [-0.2, 0) is 9.59 Å². The summed E-state index contributed by atoms with van der Waals surface area (Å²) in [5.41, 5.74) is 0.557. The lowest BCUT2D eigenvalue weighted by atomic mass is 10.1. The van der Waals surface area contributed by atoms with Crippen molar-refractivity contribution in [3.05, 3.63) is 23.8 Å². The van der Waals surface area contributed by atoms with Gasteiger partial charge in [-0.3, -0.25) is 14.4 Å². The van der Waals surface area contributed by atoms with E-state index >= 15 is 0 Å². The van der Waals surface area contributed by atoms with Gasteiger partial charge < -0.3 is 24.6 Å². The van der Waals surface area contributed by atoms with Crippen molar-refractivity contribution in [1.82, 2.24) is 15.1 Å². The molecule has 1 N–H and O–H groups in total. The average Bonchev–Trinajstić information content (AvgIpc) is 2.99. The van der Waals surface area contributed by atoms with E-state index in [9.17, 15) is 14.4 Å². The topological polar surface area (TPSA) is 88.2 Å². The van der Waals surface area contributed by atoms with Gasteiger partial charge in [0.15, 0.2) is 11.5 Å². The number of hydrogen-bond donors (Lipinski definition) is 1. The second-order valence-electron chi connectivity index (χ2n) is 6.99. The van der Waals surface area contributed by atoms with Gasteiger partial charge in [0.2, 0.25) is 11.8 Å². The normalized spacial score (nSPS) is 22.2. The minimum atomic E-state index is -0.415. The van der Waals surface area contributed by atoms with Crippen LogP contribution in [0.15, 0.2) is 18.2 Å². The van der Waals surface area contributed by atoms with Gasteiger partial charge in [0.25, 0.3) is 5.91 Å². The molecule has 0 saturated carbocycles. The molecule has 0 bridgehead atoms. The number of piperazine rings is 1. The maximum absolute atomic E-state index is 12.8. The summed E-state index contributed by atoms with van der Waals surface area (Å²) in [4.78, 5) is 40.1. The Labute approximate surface area is 157 Å². The number of benzene rings is 1. The molecule has 8 heteroatoms. The van der Waals surface area contributed by atoms with Crippen LogP contribution in [0.2, 0.25) is 0 Å². The van der Waals surface area contributed by atoms with E-state index < -0.39 is 6.04 Å². The minimum absolute atomic E-state index is 0.0523. The van der Waals surface area contributed by atoms with Crippen molar-refractivity contribution in [2.24, 2.45) is 0 Å². The third kappa shape index (κ3) is 3.70. The smallest absolute Gasteiger partial charge is 0.254 e. The molecule has 0 spiro atoms. The first-order valence-corrected chi connectivity index (χ1v) is 9.39. The Morgan fingerprint density at radius 2 is 1.70 bits per heavy atom. The van der Waals surface area contributed by atoms with Gasteiger partial charge in [-0.15, -0.1) is 0 Å². The van der Waals surface area contributed by atoms with Crippen LogP contribution in [0.25, 0.3) is 0 Å². The summed E-state index contributed by atoms with van der Waals surface area (Å²) >= 11 is 0. The molecule has 3 aliphatic rings. The maximum atomic E-state index is 12.8.